The maximum absolute atomic E-state index is 12.9. The number of ether oxygens (including phenoxy) is 1. The Hall–Kier alpha value is -2.07. The van der Waals surface area contributed by atoms with Crippen LogP contribution in [0.4, 0.5) is 0 Å². The van der Waals surface area contributed by atoms with E-state index >= 15 is 0 Å². The highest BCUT2D eigenvalue weighted by Crippen LogP contribution is 2.24. The lowest BCUT2D eigenvalue weighted by Crippen LogP contribution is -2.38. The van der Waals surface area contributed by atoms with E-state index < -0.39 is 0 Å². The van der Waals surface area contributed by atoms with Gasteiger partial charge in [0.25, 0.3) is 0 Å². The van der Waals surface area contributed by atoms with Crippen LogP contribution in [-0.2, 0) is 6.54 Å². The fourth-order valence-corrected chi connectivity index (χ4v) is 3.43. The molecule has 0 bridgehead atoms. The summed E-state index contributed by atoms with van der Waals surface area (Å²) in [6.45, 7) is 8.51. The molecule has 1 aliphatic heterocycles. The monoisotopic (exact) mass is 341 g/mol. The summed E-state index contributed by atoms with van der Waals surface area (Å²) in [5, 5.41) is 0. The Bertz CT molecular complexity index is 719. The quantitative estimate of drug-likeness (QED) is 0.727. The van der Waals surface area contributed by atoms with Gasteiger partial charge in [0.15, 0.2) is 5.78 Å². The van der Waals surface area contributed by atoms with Crippen LogP contribution in [0.15, 0.2) is 40.8 Å². The van der Waals surface area contributed by atoms with Crippen LogP contribution in [0, 0.1) is 12.8 Å². The van der Waals surface area contributed by atoms with Crippen molar-refractivity contribution < 1.29 is 13.9 Å². The van der Waals surface area contributed by atoms with Crippen molar-refractivity contribution >= 4 is 5.78 Å². The van der Waals surface area contributed by atoms with Gasteiger partial charge in [0.05, 0.1) is 12.6 Å². The number of aryl methyl sites for hydroxylation is 1. The summed E-state index contributed by atoms with van der Waals surface area (Å²) in [6, 6.07) is 11.6. The second kappa shape index (κ2) is 7.87. The SMILES string of the molecule is Cc1ccc(CN2CCCC(C(=O)c3cccc(OC(C)C)c3)C2)o1. The molecule has 4 heteroatoms. The van der Waals surface area contributed by atoms with Gasteiger partial charge in [-0.1, -0.05) is 12.1 Å². The predicted octanol–water partition coefficient (Wildman–Crippen LogP) is 4.47. The van der Waals surface area contributed by atoms with Crippen LogP contribution in [0.5, 0.6) is 5.75 Å². The Kier molecular flexibility index (Phi) is 5.59. The van der Waals surface area contributed by atoms with Gasteiger partial charge in [0.1, 0.15) is 17.3 Å². The molecule has 1 aliphatic rings. The van der Waals surface area contributed by atoms with Crippen molar-refractivity contribution in [2.24, 2.45) is 5.92 Å². The van der Waals surface area contributed by atoms with Crippen LogP contribution in [0.25, 0.3) is 0 Å². The predicted molar refractivity (Wildman–Crippen MR) is 98.0 cm³/mol. The third kappa shape index (κ3) is 4.73. The van der Waals surface area contributed by atoms with Crippen LogP contribution in [0.2, 0.25) is 0 Å². The number of likely N-dealkylation sites (tertiary alicyclic amines) is 1. The van der Waals surface area contributed by atoms with Gasteiger partial charge < -0.3 is 9.15 Å². The zero-order valence-electron chi connectivity index (χ0n) is 15.3. The molecule has 0 spiro atoms. The standard InChI is InChI=1S/C21H27NO3/c1-15(2)24-19-8-4-6-17(12-19)21(23)18-7-5-11-22(13-18)14-20-10-9-16(3)25-20/h4,6,8-10,12,15,18H,5,7,11,13-14H2,1-3H3. The molecule has 1 unspecified atom stereocenters. The van der Waals surface area contributed by atoms with E-state index in [-0.39, 0.29) is 17.8 Å². The van der Waals surface area contributed by atoms with Gasteiger partial charge in [0, 0.05) is 18.0 Å². The average molecular weight is 341 g/mol. The number of piperidine rings is 1. The lowest BCUT2D eigenvalue weighted by molar-refractivity contribution is 0.0801. The Morgan fingerprint density at radius 3 is 2.88 bits per heavy atom. The molecular weight excluding hydrogens is 314 g/mol. The minimum absolute atomic E-state index is 0.0408. The van der Waals surface area contributed by atoms with Crippen molar-refractivity contribution in [3.8, 4) is 5.75 Å². The number of benzene rings is 1. The molecule has 1 atom stereocenters. The number of nitrogens with zero attached hydrogens (tertiary/aromatic N) is 1. The van der Waals surface area contributed by atoms with Crippen molar-refractivity contribution in [2.75, 3.05) is 13.1 Å². The maximum Gasteiger partial charge on any atom is 0.167 e. The molecule has 134 valence electrons. The first-order valence-corrected chi connectivity index (χ1v) is 9.10. The van der Waals surface area contributed by atoms with Crippen molar-refractivity contribution in [1.29, 1.82) is 0 Å². The second-order valence-corrected chi connectivity index (χ2v) is 7.15. The Morgan fingerprint density at radius 1 is 1.32 bits per heavy atom. The molecule has 2 heterocycles. The van der Waals surface area contributed by atoms with E-state index in [0.717, 1.165) is 55.3 Å². The molecule has 1 aromatic carbocycles. The number of carbonyl (C=O) groups is 1. The third-order valence-corrected chi connectivity index (χ3v) is 4.54. The van der Waals surface area contributed by atoms with E-state index in [0.29, 0.717) is 0 Å². The van der Waals surface area contributed by atoms with Gasteiger partial charge in [-0.3, -0.25) is 9.69 Å². The summed E-state index contributed by atoms with van der Waals surface area (Å²) < 4.78 is 11.4. The average Bonchev–Trinajstić information content (AvgIpc) is 2.99. The minimum atomic E-state index is 0.0408. The van der Waals surface area contributed by atoms with Crippen LogP contribution in [0.1, 0.15) is 48.6 Å². The number of ketones is 1. The van der Waals surface area contributed by atoms with Gasteiger partial charge in [0.2, 0.25) is 0 Å². The minimum Gasteiger partial charge on any atom is -0.491 e. The van der Waals surface area contributed by atoms with E-state index in [1.165, 1.54) is 0 Å². The Labute approximate surface area is 149 Å². The molecule has 0 saturated carbocycles. The summed E-state index contributed by atoms with van der Waals surface area (Å²) in [6.07, 6.45) is 2.09. The van der Waals surface area contributed by atoms with Crippen molar-refractivity contribution in [3.63, 3.8) is 0 Å². The fraction of sp³-hybridized carbons (Fsp3) is 0.476. The highest BCUT2D eigenvalue weighted by Gasteiger charge is 2.27. The van der Waals surface area contributed by atoms with Crippen LogP contribution in [0.3, 0.4) is 0 Å². The number of furan rings is 1. The molecule has 4 nitrogen and oxygen atoms in total. The highest BCUT2D eigenvalue weighted by molar-refractivity contribution is 5.98. The number of hydrogen-bond donors (Lipinski definition) is 0. The second-order valence-electron chi connectivity index (χ2n) is 7.15. The normalized spacial score (nSPS) is 18.5. The van der Waals surface area contributed by atoms with E-state index in [1.807, 2.05) is 57.2 Å². The van der Waals surface area contributed by atoms with E-state index in [9.17, 15) is 4.79 Å². The maximum atomic E-state index is 12.9. The number of rotatable bonds is 6. The molecule has 0 N–H and O–H groups in total. The van der Waals surface area contributed by atoms with E-state index in [1.54, 1.807) is 0 Å². The highest BCUT2D eigenvalue weighted by atomic mass is 16.5. The largest absolute Gasteiger partial charge is 0.491 e. The molecule has 1 aromatic heterocycles. The van der Waals surface area contributed by atoms with Gasteiger partial charge in [-0.25, -0.2) is 0 Å². The molecule has 0 radical (unpaired) electrons. The number of carbonyl (C=O) groups excluding carboxylic acids is 1. The molecule has 1 saturated heterocycles. The zero-order chi connectivity index (χ0) is 17.8. The van der Waals surface area contributed by atoms with E-state index in [2.05, 4.69) is 4.90 Å². The fourth-order valence-electron chi connectivity index (χ4n) is 3.43. The molecular formula is C21H27NO3. The van der Waals surface area contributed by atoms with Crippen LogP contribution < -0.4 is 4.74 Å². The molecule has 2 aromatic rings. The molecule has 25 heavy (non-hydrogen) atoms. The van der Waals surface area contributed by atoms with Gasteiger partial charge in [-0.15, -0.1) is 0 Å². The summed E-state index contributed by atoms with van der Waals surface area (Å²) in [5.41, 5.74) is 0.749. The van der Waals surface area contributed by atoms with Crippen LogP contribution in [-0.4, -0.2) is 29.9 Å². The summed E-state index contributed by atoms with van der Waals surface area (Å²) in [5.74, 6) is 2.92. The smallest absolute Gasteiger partial charge is 0.167 e. The lowest BCUT2D eigenvalue weighted by Gasteiger charge is -2.31. The first-order chi connectivity index (χ1) is 12.0. The van der Waals surface area contributed by atoms with Crippen molar-refractivity contribution in [2.45, 2.75) is 46.3 Å². The summed E-state index contributed by atoms with van der Waals surface area (Å²) in [4.78, 5) is 15.3. The molecule has 0 aliphatic carbocycles. The molecule has 1 fully saturated rings. The van der Waals surface area contributed by atoms with Gasteiger partial charge in [-0.2, -0.15) is 0 Å². The topological polar surface area (TPSA) is 42.7 Å². The first-order valence-electron chi connectivity index (χ1n) is 9.10. The van der Waals surface area contributed by atoms with Gasteiger partial charge >= 0.3 is 0 Å². The van der Waals surface area contributed by atoms with Gasteiger partial charge in [-0.05, 0) is 64.4 Å². The van der Waals surface area contributed by atoms with E-state index in [4.69, 9.17) is 9.15 Å². The lowest BCUT2D eigenvalue weighted by atomic mass is 9.90. The third-order valence-electron chi connectivity index (χ3n) is 4.54. The zero-order valence-corrected chi connectivity index (χ0v) is 15.3. The van der Waals surface area contributed by atoms with Crippen molar-refractivity contribution in [3.05, 3.63) is 53.5 Å². The summed E-state index contributed by atoms with van der Waals surface area (Å²) >= 11 is 0. The number of Topliss-reactive ketones (excluding diaryl/α,β-unsaturated/α-hetero) is 1. The van der Waals surface area contributed by atoms with Crippen LogP contribution >= 0.6 is 0 Å². The first kappa shape index (κ1) is 17.7. The van der Waals surface area contributed by atoms with Crippen molar-refractivity contribution in [1.82, 2.24) is 4.90 Å². The Balaban J connectivity index is 1.65. The molecule has 3 rings (SSSR count). The molecule has 0 amide bonds. The summed E-state index contributed by atoms with van der Waals surface area (Å²) in [7, 11) is 0. The number of hydrogen-bond acceptors (Lipinski definition) is 4. The Morgan fingerprint density at radius 2 is 2.16 bits per heavy atom.